The van der Waals surface area contributed by atoms with Gasteiger partial charge in [-0.05, 0) is 78.4 Å². The summed E-state index contributed by atoms with van der Waals surface area (Å²) < 4.78 is 27.3. The van der Waals surface area contributed by atoms with Crippen LogP contribution < -0.4 is 0 Å². The second-order valence-electron chi connectivity index (χ2n) is 7.40. The number of nitrogens with zero attached hydrogens (tertiary/aromatic N) is 1. The molecule has 0 aliphatic rings. The lowest BCUT2D eigenvalue weighted by atomic mass is 9.92. The Bertz CT molecular complexity index is 1170. The maximum atomic E-state index is 14.1. The van der Waals surface area contributed by atoms with Crippen molar-refractivity contribution in [2.45, 2.75) is 20.8 Å². The van der Waals surface area contributed by atoms with Crippen molar-refractivity contribution in [2.75, 3.05) is 0 Å². The van der Waals surface area contributed by atoms with Crippen LogP contribution in [0, 0.1) is 32.4 Å². The van der Waals surface area contributed by atoms with Crippen molar-refractivity contribution < 1.29 is 8.78 Å². The van der Waals surface area contributed by atoms with Crippen molar-refractivity contribution in [1.82, 2.24) is 4.98 Å². The first-order chi connectivity index (χ1) is 13.9. The van der Waals surface area contributed by atoms with Gasteiger partial charge < -0.3 is 0 Å². The van der Waals surface area contributed by atoms with E-state index < -0.39 is 11.6 Å². The smallest absolute Gasteiger partial charge is 0.135 e. The quantitative estimate of drug-likeness (QED) is 0.361. The highest BCUT2D eigenvalue weighted by atomic mass is 19.1. The van der Waals surface area contributed by atoms with Crippen LogP contribution in [0.15, 0.2) is 72.9 Å². The highest BCUT2D eigenvalue weighted by molar-refractivity contribution is 5.76. The van der Waals surface area contributed by atoms with E-state index in [0.29, 0.717) is 5.69 Å². The number of aryl methyl sites for hydroxylation is 3. The molecule has 3 aromatic carbocycles. The summed E-state index contributed by atoms with van der Waals surface area (Å²) in [7, 11) is 0. The van der Waals surface area contributed by atoms with E-state index >= 15 is 0 Å². The van der Waals surface area contributed by atoms with Gasteiger partial charge in [-0.2, -0.15) is 0 Å². The SMILES string of the molecule is Cc1cc(C)c(-c2ccc(-c3ccnc(-c4ccc(F)cc4F)c3)cc2)c(C)c1. The van der Waals surface area contributed by atoms with Crippen molar-refractivity contribution >= 4 is 0 Å². The third kappa shape index (κ3) is 3.81. The lowest BCUT2D eigenvalue weighted by Gasteiger charge is -2.12. The van der Waals surface area contributed by atoms with Gasteiger partial charge in [0.15, 0.2) is 0 Å². The van der Waals surface area contributed by atoms with Crippen LogP contribution in [-0.2, 0) is 0 Å². The van der Waals surface area contributed by atoms with E-state index in [1.165, 1.54) is 39.9 Å². The van der Waals surface area contributed by atoms with Crippen molar-refractivity contribution in [3.05, 3.63) is 101 Å². The molecule has 4 aromatic rings. The summed E-state index contributed by atoms with van der Waals surface area (Å²) in [6.07, 6.45) is 1.65. The maximum absolute atomic E-state index is 14.1. The highest BCUT2D eigenvalue weighted by Gasteiger charge is 2.10. The Labute approximate surface area is 169 Å². The Morgan fingerprint density at radius 2 is 1.31 bits per heavy atom. The van der Waals surface area contributed by atoms with Gasteiger partial charge in [0.1, 0.15) is 11.6 Å². The predicted octanol–water partition coefficient (Wildman–Crippen LogP) is 7.29. The maximum Gasteiger partial charge on any atom is 0.135 e. The third-order valence-corrected chi connectivity index (χ3v) is 5.15. The molecule has 3 heteroatoms. The summed E-state index contributed by atoms with van der Waals surface area (Å²) in [5.74, 6) is -1.21. The number of aromatic nitrogens is 1. The summed E-state index contributed by atoms with van der Waals surface area (Å²) in [5, 5.41) is 0. The minimum Gasteiger partial charge on any atom is -0.256 e. The topological polar surface area (TPSA) is 12.9 Å². The van der Waals surface area contributed by atoms with E-state index in [9.17, 15) is 8.78 Å². The summed E-state index contributed by atoms with van der Waals surface area (Å²) in [6.45, 7) is 6.38. The van der Waals surface area contributed by atoms with Crippen molar-refractivity contribution in [1.29, 1.82) is 0 Å². The Balaban J connectivity index is 1.70. The fourth-order valence-electron chi connectivity index (χ4n) is 3.92. The summed E-state index contributed by atoms with van der Waals surface area (Å²) in [6, 6.07) is 20.0. The van der Waals surface area contributed by atoms with Crippen molar-refractivity contribution in [3.8, 4) is 33.5 Å². The minimum absolute atomic E-state index is 0.288. The van der Waals surface area contributed by atoms with Crippen LogP contribution in [0.3, 0.4) is 0 Å². The lowest BCUT2D eigenvalue weighted by molar-refractivity contribution is 0.585. The van der Waals surface area contributed by atoms with Crippen LogP contribution in [-0.4, -0.2) is 4.98 Å². The molecule has 0 saturated carbocycles. The molecule has 1 heterocycles. The molecule has 1 nitrogen and oxygen atoms in total. The first-order valence-electron chi connectivity index (χ1n) is 9.52. The zero-order valence-electron chi connectivity index (χ0n) is 16.6. The molecule has 0 amide bonds. The molecule has 1 aromatic heterocycles. The van der Waals surface area contributed by atoms with Gasteiger partial charge >= 0.3 is 0 Å². The van der Waals surface area contributed by atoms with Crippen LogP contribution in [0.2, 0.25) is 0 Å². The molecule has 0 bridgehead atoms. The Hall–Kier alpha value is -3.33. The number of rotatable bonds is 3. The van der Waals surface area contributed by atoms with E-state index in [4.69, 9.17) is 0 Å². The van der Waals surface area contributed by atoms with Crippen LogP contribution >= 0.6 is 0 Å². The van der Waals surface area contributed by atoms with Gasteiger partial charge in [-0.15, -0.1) is 0 Å². The van der Waals surface area contributed by atoms with Crippen LogP contribution in [0.5, 0.6) is 0 Å². The molecule has 29 heavy (non-hydrogen) atoms. The minimum atomic E-state index is -0.615. The molecule has 0 aliphatic heterocycles. The van der Waals surface area contributed by atoms with E-state index in [0.717, 1.165) is 17.2 Å². The average molecular weight is 385 g/mol. The average Bonchev–Trinajstić information content (AvgIpc) is 2.68. The molecule has 0 atom stereocenters. The molecule has 0 spiro atoms. The molecular weight excluding hydrogens is 364 g/mol. The van der Waals surface area contributed by atoms with Gasteiger partial charge in [0.05, 0.1) is 5.69 Å². The van der Waals surface area contributed by atoms with Gasteiger partial charge in [-0.25, -0.2) is 8.78 Å². The van der Waals surface area contributed by atoms with Crippen LogP contribution in [0.1, 0.15) is 16.7 Å². The van der Waals surface area contributed by atoms with Crippen LogP contribution in [0.25, 0.3) is 33.5 Å². The second kappa shape index (κ2) is 7.59. The number of benzene rings is 3. The second-order valence-corrected chi connectivity index (χ2v) is 7.40. The van der Waals surface area contributed by atoms with E-state index in [-0.39, 0.29) is 5.56 Å². The zero-order valence-corrected chi connectivity index (χ0v) is 16.6. The summed E-state index contributed by atoms with van der Waals surface area (Å²) >= 11 is 0. The van der Waals surface area contributed by atoms with Gasteiger partial charge in [-0.1, -0.05) is 42.0 Å². The lowest BCUT2D eigenvalue weighted by Crippen LogP contribution is -1.91. The number of halogens is 2. The molecule has 0 N–H and O–H groups in total. The van der Waals surface area contributed by atoms with E-state index in [1.54, 1.807) is 6.20 Å². The first-order valence-corrected chi connectivity index (χ1v) is 9.52. The van der Waals surface area contributed by atoms with Gasteiger partial charge in [0, 0.05) is 17.8 Å². The molecule has 4 rings (SSSR count). The fourth-order valence-corrected chi connectivity index (χ4v) is 3.92. The molecule has 0 fully saturated rings. The molecule has 144 valence electrons. The largest absolute Gasteiger partial charge is 0.256 e. The normalized spacial score (nSPS) is 10.9. The van der Waals surface area contributed by atoms with E-state index in [1.807, 2.05) is 12.1 Å². The van der Waals surface area contributed by atoms with E-state index in [2.05, 4.69) is 62.2 Å². The van der Waals surface area contributed by atoms with Crippen molar-refractivity contribution in [2.24, 2.45) is 0 Å². The summed E-state index contributed by atoms with van der Waals surface area (Å²) in [4.78, 5) is 4.26. The van der Waals surface area contributed by atoms with Gasteiger partial charge in [0.2, 0.25) is 0 Å². The molecule has 0 aliphatic carbocycles. The van der Waals surface area contributed by atoms with Crippen LogP contribution in [0.4, 0.5) is 8.78 Å². The third-order valence-electron chi connectivity index (χ3n) is 5.15. The highest BCUT2D eigenvalue weighted by Crippen LogP contribution is 2.31. The molecule has 0 saturated heterocycles. The Morgan fingerprint density at radius 1 is 0.655 bits per heavy atom. The first kappa shape index (κ1) is 19.0. The zero-order chi connectivity index (χ0) is 20.5. The summed E-state index contributed by atoms with van der Waals surface area (Å²) in [5.41, 5.74) is 8.92. The van der Waals surface area contributed by atoms with Gasteiger partial charge in [-0.3, -0.25) is 4.98 Å². The fraction of sp³-hybridized carbons (Fsp3) is 0.115. The Morgan fingerprint density at radius 3 is 1.97 bits per heavy atom. The number of hydrogen-bond acceptors (Lipinski definition) is 1. The van der Waals surface area contributed by atoms with Gasteiger partial charge in [0.25, 0.3) is 0 Å². The standard InChI is InChI=1S/C26H21F2N/c1-16-12-17(2)26(18(3)13-16)20-6-4-19(5-7-20)21-10-11-29-25(14-21)23-9-8-22(27)15-24(23)28/h4-15H,1-3H3. The number of hydrogen-bond donors (Lipinski definition) is 0. The Kier molecular flexibility index (Phi) is 4.98. The monoisotopic (exact) mass is 385 g/mol. The molecule has 0 radical (unpaired) electrons. The number of pyridine rings is 1. The molecular formula is C26H21F2N. The van der Waals surface area contributed by atoms with Crippen molar-refractivity contribution in [3.63, 3.8) is 0 Å². The predicted molar refractivity (Wildman–Crippen MR) is 115 cm³/mol. The molecule has 0 unspecified atom stereocenters.